The summed E-state index contributed by atoms with van der Waals surface area (Å²) in [5, 5.41) is 1.88. The second kappa shape index (κ2) is 11.6. The molecule has 6 nitrogen and oxygen atoms in total. The highest BCUT2D eigenvalue weighted by molar-refractivity contribution is 9.10. The van der Waals surface area contributed by atoms with E-state index >= 15 is 0 Å². The Hall–Kier alpha value is -2.85. The van der Waals surface area contributed by atoms with Crippen LogP contribution in [0, 0.1) is 0 Å². The Morgan fingerprint density at radius 1 is 0.925 bits per heavy atom. The minimum absolute atomic E-state index is 0.0876. The number of amides is 1. The van der Waals surface area contributed by atoms with Gasteiger partial charge in [0.25, 0.3) is 8.32 Å². The van der Waals surface area contributed by atoms with E-state index in [0.29, 0.717) is 4.91 Å². The molecule has 3 aromatic carbocycles. The van der Waals surface area contributed by atoms with Gasteiger partial charge in [0, 0.05) is 4.91 Å². The van der Waals surface area contributed by atoms with E-state index in [2.05, 4.69) is 61.0 Å². The number of hydrogen-bond acceptors (Lipinski definition) is 6. The summed E-state index contributed by atoms with van der Waals surface area (Å²) in [6.07, 6.45) is 0. The molecule has 0 radical (unpaired) electrons. The van der Waals surface area contributed by atoms with Crippen LogP contribution in [-0.4, -0.2) is 49.0 Å². The number of fused-ring (bicyclic) bond motifs is 1. The highest BCUT2D eigenvalue weighted by Gasteiger charge is 2.56. The molecule has 1 fully saturated rings. The largest absolute Gasteiger partial charge is 0.497 e. The third kappa shape index (κ3) is 5.16. The molecule has 2 atom stereocenters. The summed E-state index contributed by atoms with van der Waals surface area (Å²) < 4.78 is 18.0. The molecule has 2 aliphatic heterocycles. The Balaban J connectivity index is 1.48. The SMILES string of the molecule is COc1ccc(COC(=O)C2=C(CO[Si](c3ccccc3)(c3ccccc3)C(C)(C)C)S[C@@H]3[C@@H](Br)C(=O)N23)cc1. The number of methoxy groups -OCH3 is 1. The van der Waals surface area contributed by atoms with E-state index in [4.69, 9.17) is 13.9 Å². The number of nitrogens with zero attached hydrogens (tertiary/aromatic N) is 1. The minimum Gasteiger partial charge on any atom is -0.497 e. The smallest absolute Gasteiger partial charge is 0.356 e. The first-order valence-electron chi connectivity index (χ1n) is 13.1. The maximum atomic E-state index is 13.5. The highest BCUT2D eigenvalue weighted by Crippen LogP contribution is 2.50. The predicted octanol–water partition coefficient (Wildman–Crippen LogP) is 5.21. The second-order valence-electron chi connectivity index (χ2n) is 10.8. The average Bonchev–Trinajstić information content (AvgIpc) is 3.32. The summed E-state index contributed by atoms with van der Waals surface area (Å²) in [7, 11) is -1.24. The van der Waals surface area contributed by atoms with Crippen molar-refractivity contribution >= 4 is 58.3 Å². The number of halogens is 1. The zero-order valence-corrected chi connectivity index (χ0v) is 26.3. The number of rotatable bonds is 9. The molecular formula is C31H32BrNO5SSi. The van der Waals surface area contributed by atoms with Crippen LogP contribution in [0.25, 0.3) is 0 Å². The summed E-state index contributed by atoms with van der Waals surface area (Å²) in [5.41, 5.74) is 1.11. The molecule has 0 spiro atoms. The molecular weight excluding hydrogens is 606 g/mol. The highest BCUT2D eigenvalue weighted by atomic mass is 79.9. The van der Waals surface area contributed by atoms with Crippen molar-refractivity contribution in [3.8, 4) is 5.75 Å². The van der Waals surface area contributed by atoms with Crippen LogP contribution in [0.5, 0.6) is 5.75 Å². The lowest BCUT2D eigenvalue weighted by Crippen LogP contribution is -2.66. The fourth-order valence-corrected chi connectivity index (χ4v) is 12.0. The lowest BCUT2D eigenvalue weighted by Gasteiger charge is -2.43. The second-order valence-corrected chi connectivity index (χ2v) is 17.3. The van der Waals surface area contributed by atoms with E-state index in [1.807, 2.05) is 60.7 Å². The van der Waals surface area contributed by atoms with Crippen molar-refractivity contribution in [2.45, 2.75) is 42.6 Å². The summed E-state index contributed by atoms with van der Waals surface area (Å²) in [6, 6.07) is 28.1. The average molecular weight is 639 g/mol. The van der Waals surface area contributed by atoms with Gasteiger partial charge in [0.05, 0.1) is 13.7 Å². The Labute approximate surface area is 249 Å². The number of thioether (sulfide) groups is 1. The van der Waals surface area contributed by atoms with E-state index in [0.717, 1.165) is 21.7 Å². The van der Waals surface area contributed by atoms with Gasteiger partial charge in [0.1, 0.15) is 28.3 Å². The first-order valence-corrected chi connectivity index (χ1v) is 16.8. The van der Waals surface area contributed by atoms with Crippen molar-refractivity contribution < 1.29 is 23.5 Å². The van der Waals surface area contributed by atoms with E-state index in [1.165, 1.54) is 11.8 Å². The van der Waals surface area contributed by atoms with Crippen LogP contribution in [0.2, 0.25) is 5.04 Å². The van der Waals surface area contributed by atoms with Crippen molar-refractivity contribution in [2.75, 3.05) is 13.7 Å². The van der Waals surface area contributed by atoms with Gasteiger partial charge in [-0.2, -0.15) is 0 Å². The zero-order chi connectivity index (χ0) is 28.5. The maximum Gasteiger partial charge on any atom is 0.356 e. The first kappa shape index (κ1) is 28.7. The minimum atomic E-state index is -2.85. The predicted molar refractivity (Wildman–Crippen MR) is 164 cm³/mol. The Morgan fingerprint density at radius 2 is 1.50 bits per heavy atom. The van der Waals surface area contributed by atoms with Gasteiger partial charge in [-0.3, -0.25) is 9.69 Å². The number of carbonyl (C=O) groups is 2. The van der Waals surface area contributed by atoms with Gasteiger partial charge < -0.3 is 13.9 Å². The monoisotopic (exact) mass is 637 g/mol. The van der Waals surface area contributed by atoms with Crippen molar-refractivity contribution in [1.82, 2.24) is 4.90 Å². The van der Waals surface area contributed by atoms with Crippen LogP contribution in [0.15, 0.2) is 95.5 Å². The van der Waals surface area contributed by atoms with E-state index in [9.17, 15) is 9.59 Å². The molecule has 2 aliphatic rings. The quantitative estimate of drug-likeness (QED) is 0.139. The molecule has 1 amide bonds. The number of carbonyl (C=O) groups excluding carboxylic acids is 2. The fraction of sp³-hybridized carbons (Fsp3) is 0.290. The van der Waals surface area contributed by atoms with Gasteiger partial charge >= 0.3 is 5.97 Å². The number of ether oxygens (including phenoxy) is 2. The molecule has 0 bridgehead atoms. The Morgan fingerprint density at radius 3 is 2.02 bits per heavy atom. The van der Waals surface area contributed by atoms with Gasteiger partial charge in [-0.25, -0.2) is 4.79 Å². The van der Waals surface area contributed by atoms with Crippen LogP contribution in [0.4, 0.5) is 0 Å². The van der Waals surface area contributed by atoms with Crippen LogP contribution >= 0.6 is 27.7 Å². The molecule has 1 saturated heterocycles. The molecule has 208 valence electrons. The summed E-state index contributed by atoms with van der Waals surface area (Å²) >= 11 is 4.98. The van der Waals surface area contributed by atoms with E-state index in [-0.39, 0.29) is 40.1 Å². The van der Waals surface area contributed by atoms with Gasteiger partial charge in [-0.15, -0.1) is 0 Å². The zero-order valence-electron chi connectivity index (χ0n) is 22.9. The number of β-lactam (4-membered cyclic amide) rings is 1. The fourth-order valence-electron chi connectivity index (χ4n) is 5.30. The molecule has 0 aromatic heterocycles. The van der Waals surface area contributed by atoms with E-state index < -0.39 is 14.3 Å². The maximum absolute atomic E-state index is 13.5. The standard InChI is InChI=1S/C31H32BrNO5SSi/c1-31(2,3)40(23-11-7-5-8-12-23,24-13-9-6-10-14-24)38-20-25-27(33-28(34)26(32)29(33)39-25)30(35)37-19-21-15-17-22(36-4)18-16-21/h5-18,26,29H,19-20H2,1-4H3/t26-,29+/m0/s1. The Kier molecular flexibility index (Phi) is 8.29. The summed E-state index contributed by atoms with van der Waals surface area (Å²) in [5.74, 6) is 0.0547. The summed E-state index contributed by atoms with van der Waals surface area (Å²) in [4.78, 5) is 28.2. The molecule has 9 heteroatoms. The van der Waals surface area contributed by atoms with Crippen molar-refractivity contribution in [3.05, 3.63) is 101 Å². The molecule has 0 unspecified atom stereocenters. The van der Waals surface area contributed by atoms with Crippen LogP contribution < -0.4 is 15.1 Å². The third-order valence-corrected chi connectivity index (χ3v) is 14.9. The molecule has 0 saturated carbocycles. The Bertz CT molecular complexity index is 1370. The molecule has 0 aliphatic carbocycles. The number of benzene rings is 3. The first-order chi connectivity index (χ1) is 19.2. The van der Waals surface area contributed by atoms with Crippen LogP contribution in [-0.2, 0) is 25.4 Å². The van der Waals surface area contributed by atoms with Gasteiger partial charge in [0.15, 0.2) is 0 Å². The molecule has 5 rings (SSSR count). The van der Waals surface area contributed by atoms with Crippen molar-refractivity contribution in [3.63, 3.8) is 0 Å². The van der Waals surface area contributed by atoms with Crippen LogP contribution in [0.1, 0.15) is 26.3 Å². The molecule has 2 heterocycles. The van der Waals surface area contributed by atoms with Gasteiger partial charge in [0.2, 0.25) is 5.91 Å². The number of hydrogen-bond donors (Lipinski definition) is 0. The van der Waals surface area contributed by atoms with E-state index in [1.54, 1.807) is 12.0 Å². The van der Waals surface area contributed by atoms with Gasteiger partial charge in [-0.1, -0.05) is 121 Å². The summed E-state index contributed by atoms with van der Waals surface area (Å²) in [6.45, 7) is 6.93. The third-order valence-electron chi connectivity index (χ3n) is 7.31. The normalized spacial score (nSPS) is 18.8. The number of esters is 1. The lowest BCUT2D eigenvalue weighted by atomic mass is 10.1. The molecule has 40 heavy (non-hydrogen) atoms. The number of alkyl halides is 1. The molecule has 3 aromatic rings. The topological polar surface area (TPSA) is 65.1 Å². The van der Waals surface area contributed by atoms with Gasteiger partial charge in [-0.05, 0) is 33.1 Å². The lowest BCUT2D eigenvalue weighted by molar-refractivity contribution is -0.148. The van der Waals surface area contributed by atoms with Crippen LogP contribution in [0.3, 0.4) is 0 Å². The molecule has 0 N–H and O–H groups in total. The van der Waals surface area contributed by atoms with Crippen molar-refractivity contribution in [2.24, 2.45) is 0 Å². The van der Waals surface area contributed by atoms with Crippen molar-refractivity contribution in [1.29, 1.82) is 0 Å².